The topological polar surface area (TPSA) is 97.4 Å². The van der Waals surface area contributed by atoms with Crippen molar-refractivity contribution in [3.05, 3.63) is 45.4 Å². The number of carbonyl (C=O) groups is 1. The number of hydrogen-bond acceptors (Lipinski definition) is 6. The lowest BCUT2D eigenvalue weighted by atomic mass is 10.1. The third-order valence-electron chi connectivity index (χ3n) is 3.50. The van der Waals surface area contributed by atoms with Crippen molar-refractivity contribution in [1.82, 2.24) is 9.71 Å². The summed E-state index contributed by atoms with van der Waals surface area (Å²) in [6.07, 6.45) is 1.09. The van der Waals surface area contributed by atoms with E-state index in [0.29, 0.717) is 23.9 Å². The van der Waals surface area contributed by atoms with Crippen LogP contribution in [0.15, 0.2) is 23.6 Å². The molecule has 1 aromatic heterocycles. The van der Waals surface area contributed by atoms with Crippen LogP contribution in [0, 0.1) is 0 Å². The first-order chi connectivity index (χ1) is 11.3. The van der Waals surface area contributed by atoms with Crippen molar-refractivity contribution in [2.24, 2.45) is 0 Å². The maximum Gasteiger partial charge on any atom is 0.275 e. The Labute approximate surface area is 144 Å². The number of hydrogen-bond donors (Lipinski definition) is 2. The second kappa shape index (κ2) is 6.60. The Morgan fingerprint density at radius 2 is 2.08 bits per heavy atom. The van der Waals surface area contributed by atoms with Crippen LogP contribution in [0.2, 0.25) is 0 Å². The van der Waals surface area contributed by atoms with Crippen LogP contribution in [0.4, 0.5) is 5.69 Å². The van der Waals surface area contributed by atoms with Crippen molar-refractivity contribution in [1.29, 1.82) is 0 Å². The van der Waals surface area contributed by atoms with Gasteiger partial charge in [-0.3, -0.25) is 4.79 Å². The van der Waals surface area contributed by atoms with Gasteiger partial charge >= 0.3 is 0 Å². The number of anilines is 1. The molecular formula is C15H17N3O4S2. The van der Waals surface area contributed by atoms with E-state index in [0.717, 1.165) is 17.4 Å². The van der Waals surface area contributed by atoms with Gasteiger partial charge < -0.3 is 10.1 Å². The van der Waals surface area contributed by atoms with Crippen molar-refractivity contribution < 1.29 is 17.9 Å². The van der Waals surface area contributed by atoms with Gasteiger partial charge in [0.15, 0.2) is 0 Å². The number of fused-ring (bicyclic) bond motifs is 1. The van der Waals surface area contributed by atoms with Crippen LogP contribution in [-0.2, 0) is 28.0 Å². The fourth-order valence-electron chi connectivity index (χ4n) is 2.41. The summed E-state index contributed by atoms with van der Waals surface area (Å²) in [6, 6.07) is 5.17. The molecule has 1 amide bonds. The minimum absolute atomic E-state index is 0.258. The Kier molecular flexibility index (Phi) is 4.68. The zero-order valence-electron chi connectivity index (χ0n) is 13.2. The molecule has 0 saturated carbocycles. The van der Waals surface area contributed by atoms with E-state index >= 15 is 0 Å². The van der Waals surface area contributed by atoms with Crippen molar-refractivity contribution in [3.8, 4) is 0 Å². The van der Waals surface area contributed by atoms with Gasteiger partial charge in [0, 0.05) is 11.1 Å². The molecule has 3 rings (SSSR count). The molecule has 2 heterocycles. The van der Waals surface area contributed by atoms with E-state index < -0.39 is 16.1 Å². The maximum absolute atomic E-state index is 12.3. The molecule has 1 aromatic carbocycles. The molecule has 0 fully saturated rings. The first-order valence-electron chi connectivity index (χ1n) is 7.25. The van der Waals surface area contributed by atoms with Crippen molar-refractivity contribution in [3.63, 3.8) is 0 Å². The number of benzene rings is 1. The second-order valence-corrected chi connectivity index (χ2v) is 8.28. The molecule has 1 aliphatic heterocycles. The van der Waals surface area contributed by atoms with E-state index in [9.17, 15) is 13.2 Å². The van der Waals surface area contributed by atoms with E-state index in [1.54, 1.807) is 12.3 Å². The molecule has 0 saturated heterocycles. The van der Waals surface area contributed by atoms with Crippen LogP contribution in [0.3, 0.4) is 0 Å². The summed E-state index contributed by atoms with van der Waals surface area (Å²) in [6.45, 7) is 2.83. The third-order valence-corrected chi connectivity index (χ3v) is 5.30. The number of carbonyl (C=O) groups excluding carboxylic acids is 1. The predicted molar refractivity (Wildman–Crippen MR) is 91.4 cm³/mol. The molecule has 1 aliphatic rings. The van der Waals surface area contributed by atoms with Gasteiger partial charge in [0.1, 0.15) is 10.7 Å². The maximum atomic E-state index is 12.3. The smallest absolute Gasteiger partial charge is 0.275 e. The Balaban J connectivity index is 1.70. The molecule has 0 radical (unpaired) electrons. The molecule has 1 atom stereocenters. The normalized spacial score (nSPS) is 15.1. The van der Waals surface area contributed by atoms with Gasteiger partial charge in [0.25, 0.3) is 5.91 Å². The summed E-state index contributed by atoms with van der Waals surface area (Å²) in [5.41, 5.74) is 3.14. The number of rotatable bonds is 5. The summed E-state index contributed by atoms with van der Waals surface area (Å²) in [5, 5.41) is 4.95. The SMILES string of the molecule is C[C@H](NS(C)(=O)=O)c1nc(C(=O)Nc2ccc3c(c2)COC3)cs1. The molecule has 24 heavy (non-hydrogen) atoms. The zero-order chi connectivity index (χ0) is 17.3. The highest BCUT2D eigenvalue weighted by molar-refractivity contribution is 7.88. The van der Waals surface area contributed by atoms with Gasteiger partial charge in [-0.2, -0.15) is 0 Å². The molecule has 0 bridgehead atoms. The second-order valence-electron chi connectivity index (χ2n) is 5.61. The minimum atomic E-state index is -3.33. The molecular weight excluding hydrogens is 350 g/mol. The standard InChI is InChI=1S/C15H17N3O4S2/c1-9(18-24(2,20)21)15-17-13(8-23-15)14(19)16-12-4-3-10-6-22-7-11(10)5-12/h3-5,8-9,18H,6-7H2,1-2H3,(H,16,19)/t9-/m0/s1. The summed E-state index contributed by atoms with van der Waals surface area (Å²) < 4.78 is 30.3. The van der Waals surface area contributed by atoms with E-state index in [-0.39, 0.29) is 11.6 Å². The highest BCUT2D eigenvalue weighted by Crippen LogP contribution is 2.24. The lowest BCUT2D eigenvalue weighted by Crippen LogP contribution is -2.25. The van der Waals surface area contributed by atoms with Crippen LogP contribution in [0.5, 0.6) is 0 Å². The summed E-state index contributed by atoms with van der Waals surface area (Å²) >= 11 is 1.24. The molecule has 0 unspecified atom stereocenters. The zero-order valence-corrected chi connectivity index (χ0v) is 14.8. The van der Waals surface area contributed by atoms with Crippen molar-refractivity contribution in [2.45, 2.75) is 26.2 Å². The Morgan fingerprint density at radius 3 is 2.83 bits per heavy atom. The van der Waals surface area contributed by atoms with Crippen molar-refractivity contribution >= 4 is 33.0 Å². The summed E-state index contributed by atoms with van der Waals surface area (Å²) in [5.74, 6) is -0.331. The average molecular weight is 367 g/mol. The number of nitrogens with zero attached hydrogens (tertiary/aromatic N) is 1. The molecule has 2 aromatic rings. The van der Waals surface area contributed by atoms with E-state index in [1.807, 2.05) is 18.2 Å². The summed E-state index contributed by atoms with van der Waals surface area (Å²) in [4.78, 5) is 16.5. The van der Waals surface area contributed by atoms with Gasteiger partial charge in [0.2, 0.25) is 10.0 Å². The molecule has 0 spiro atoms. The van der Waals surface area contributed by atoms with Gasteiger partial charge in [-0.25, -0.2) is 18.1 Å². The number of amides is 1. The third kappa shape index (κ3) is 3.99. The lowest BCUT2D eigenvalue weighted by Gasteiger charge is -2.08. The van der Waals surface area contributed by atoms with Crippen LogP contribution >= 0.6 is 11.3 Å². The van der Waals surface area contributed by atoms with Crippen LogP contribution in [0.25, 0.3) is 0 Å². The minimum Gasteiger partial charge on any atom is -0.372 e. The number of ether oxygens (including phenoxy) is 1. The number of sulfonamides is 1. The Bertz CT molecular complexity index is 877. The van der Waals surface area contributed by atoms with E-state index in [4.69, 9.17) is 4.74 Å². The first kappa shape index (κ1) is 17.0. The van der Waals surface area contributed by atoms with Crippen LogP contribution < -0.4 is 10.0 Å². The highest BCUT2D eigenvalue weighted by Gasteiger charge is 2.18. The molecule has 128 valence electrons. The van der Waals surface area contributed by atoms with Crippen LogP contribution in [0.1, 0.15) is 39.6 Å². The fourth-order valence-corrected chi connectivity index (χ4v) is 4.04. The van der Waals surface area contributed by atoms with Crippen LogP contribution in [-0.4, -0.2) is 25.6 Å². The lowest BCUT2D eigenvalue weighted by molar-refractivity contribution is 0.102. The number of aromatic nitrogens is 1. The van der Waals surface area contributed by atoms with E-state index in [1.165, 1.54) is 11.3 Å². The van der Waals surface area contributed by atoms with Gasteiger partial charge in [-0.05, 0) is 30.2 Å². The molecule has 0 aliphatic carbocycles. The monoisotopic (exact) mass is 367 g/mol. The van der Waals surface area contributed by atoms with E-state index in [2.05, 4.69) is 15.0 Å². The quantitative estimate of drug-likeness (QED) is 0.843. The number of thiazole rings is 1. The van der Waals surface area contributed by atoms with Crippen molar-refractivity contribution in [2.75, 3.05) is 11.6 Å². The molecule has 9 heteroatoms. The first-order valence-corrected chi connectivity index (χ1v) is 10.0. The Morgan fingerprint density at radius 1 is 1.33 bits per heavy atom. The molecule has 7 nitrogen and oxygen atoms in total. The Hall–Kier alpha value is -1.81. The number of nitrogens with one attached hydrogen (secondary N) is 2. The fraction of sp³-hybridized carbons (Fsp3) is 0.333. The average Bonchev–Trinajstić information content (AvgIpc) is 3.14. The van der Waals surface area contributed by atoms with Gasteiger partial charge in [-0.15, -0.1) is 11.3 Å². The predicted octanol–water partition coefficient (Wildman–Crippen LogP) is 2.04. The largest absolute Gasteiger partial charge is 0.372 e. The van der Waals surface area contributed by atoms with Gasteiger partial charge in [0.05, 0.1) is 25.5 Å². The summed E-state index contributed by atoms with van der Waals surface area (Å²) in [7, 11) is -3.33. The van der Waals surface area contributed by atoms with Gasteiger partial charge in [-0.1, -0.05) is 6.07 Å². The molecule has 2 N–H and O–H groups in total. The highest BCUT2D eigenvalue weighted by atomic mass is 32.2.